The van der Waals surface area contributed by atoms with Gasteiger partial charge in [-0.3, -0.25) is 0 Å². The van der Waals surface area contributed by atoms with Crippen molar-refractivity contribution in [2.45, 2.75) is 32.7 Å². The highest BCUT2D eigenvalue weighted by atomic mass is 16.5. The van der Waals surface area contributed by atoms with Crippen LogP contribution in [0.3, 0.4) is 0 Å². The summed E-state index contributed by atoms with van der Waals surface area (Å²) in [5.74, 6) is 3.41. The van der Waals surface area contributed by atoms with Crippen LogP contribution in [0.15, 0.2) is 36.7 Å². The lowest BCUT2D eigenvalue weighted by Crippen LogP contribution is -2.07. The molecule has 32 heavy (non-hydrogen) atoms. The van der Waals surface area contributed by atoms with Crippen LogP contribution < -0.4 is 14.8 Å². The van der Waals surface area contributed by atoms with E-state index in [0.29, 0.717) is 29.8 Å². The molecule has 0 atom stereocenters. The molecule has 1 N–H and O–H groups in total. The monoisotopic (exact) mass is 435 g/mol. The van der Waals surface area contributed by atoms with Crippen molar-refractivity contribution in [3.05, 3.63) is 42.5 Å². The van der Waals surface area contributed by atoms with Crippen molar-refractivity contribution in [2.75, 3.05) is 33.3 Å². The number of aromatic nitrogens is 4. The number of anilines is 2. The van der Waals surface area contributed by atoms with Gasteiger partial charge in [-0.25, -0.2) is 15.0 Å². The molecule has 2 aromatic carbocycles. The molecule has 2 heterocycles. The Morgan fingerprint density at radius 3 is 2.50 bits per heavy atom. The molecule has 8 heteroatoms. The Morgan fingerprint density at radius 2 is 1.78 bits per heavy atom. The highest BCUT2D eigenvalue weighted by Gasteiger charge is 2.16. The highest BCUT2D eigenvalue weighted by Crippen LogP contribution is 2.33. The fraction of sp³-hybridized carbons (Fsp3) is 0.375. The molecule has 4 rings (SSSR count). The summed E-state index contributed by atoms with van der Waals surface area (Å²) in [5, 5.41) is 4.29. The summed E-state index contributed by atoms with van der Waals surface area (Å²) in [6.07, 6.45) is 2.50. The van der Waals surface area contributed by atoms with Gasteiger partial charge in [0.1, 0.15) is 18.0 Å². The van der Waals surface area contributed by atoms with Crippen LogP contribution in [0.1, 0.15) is 32.0 Å². The zero-order valence-electron chi connectivity index (χ0n) is 19.2. The first kappa shape index (κ1) is 21.8. The summed E-state index contributed by atoms with van der Waals surface area (Å²) in [5.41, 5.74) is 3.71. The second-order valence-electron chi connectivity index (χ2n) is 7.90. The number of rotatable bonds is 9. The van der Waals surface area contributed by atoms with Gasteiger partial charge in [0.05, 0.1) is 30.8 Å². The van der Waals surface area contributed by atoms with Crippen LogP contribution in [-0.4, -0.2) is 47.5 Å². The van der Waals surface area contributed by atoms with E-state index in [1.54, 1.807) is 27.7 Å². The maximum Gasteiger partial charge on any atom is 0.162 e. The molecule has 0 unspecified atom stereocenters. The van der Waals surface area contributed by atoms with Gasteiger partial charge in [-0.2, -0.15) is 0 Å². The molecule has 0 amide bonds. The predicted molar refractivity (Wildman–Crippen MR) is 126 cm³/mol. The van der Waals surface area contributed by atoms with Gasteiger partial charge >= 0.3 is 0 Å². The predicted octanol–water partition coefficient (Wildman–Crippen LogP) is 4.90. The maximum absolute atomic E-state index is 5.42. The molecule has 8 nitrogen and oxygen atoms in total. The minimum absolute atomic E-state index is 0.309. The average molecular weight is 436 g/mol. The molecule has 0 radical (unpaired) electrons. The summed E-state index contributed by atoms with van der Waals surface area (Å²) < 4.78 is 18.3. The lowest BCUT2D eigenvalue weighted by Gasteiger charge is -2.13. The largest absolute Gasteiger partial charge is 0.493 e. The average Bonchev–Trinajstić information content (AvgIpc) is 3.16. The van der Waals surface area contributed by atoms with Crippen molar-refractivity contribution in [1.29, 1.82) is 0 Å². The SMILES string of the molecule is COCCCn1c(C(C)C)nc2cc3c(Nc4ccc(OC)c(OC)c4)ncnc3cc21. The first-order valence-electron chi connectivity index (χ1n) is 10.7. The minimum Gasteiger partial charge on any atom is -0.493 e. The molecule has 0 aliphatic heterocycles. The number of aryl methyl sites for hydroxylation is 1. The lowest BCUT2D eigenvalue weighted by molar-refractivity contribution is 0.190. The minimum atomic E-state index is 0.309. The van der Waals surface area contributed by atoms with E-state index >= 15 is 0 Å². The summed E-state index contributed by atoms with van der Waals surface area (Å²) >= 11 is 0. The van der Waals surface area contributed by atoms with Gasteiger partial charge < -0.3 is 24.1 Å². The fourth-order valence-electron chi connectivity index (χ4n) is 3.89. The van der Waals surface area contributed by atoms with Gasteiger partial charge in [0.25, 0.3) is 0 Å². The Kier molecular flexibility index (Phi) is 6.41. The topological polar surface area (TPSA) is 83.3 Å². The molecule has 0 fully saturated rings. The van der Waals surface area contributed by atoms with E-state index < -0.39 is 0 Å². The van der Waals surface area contributed by atoms with Crippen molar-refractivity contribution in [1.82, 2.24) is 19.5 Å². The third-order valence-corrected chi connectivity index (χ3v) is 5.43. The Balaban J connectivity index is 1.77. The van der Waals surface area contributed by atoms with Gasteiger partial charge in [0, 0.05) is 43.3 Å². The molecular weight excluding hydrogens is 406 g/mol. The summed E-state index contributed by atoms with van der Waals surface area (Å²) in [6.45, 7) is 5.90. The van der Waals surface area contributed by atoms with Crippen molar-refractivity contribution in [3.8, 4) is 11.5 Å². The Labute approximate surface area is 187 Å². The summed E-state index contributed by atoms with van der Waals surface area (Å²) in [4.78, 5) is 14.0. The van der Waals surface area contributed by atoms with E-state index in [-0.39, 0.29) is 0 Å². The van der Waals surface area contributed by atoms with Crippen molar-refractivity contribution < 1.29 is 14.2 Å². The Bertz CT molecular complexity index is 1240. The Hall–Kier alpha value is -3.39. The molecule has 0 saturated carbocycles. The molecule has 0 saturated heterocycles. The van der Waals surface area contributed by atoms with E-state index in [9.17, 15) is 0 Å². The third-order valence-electron chi connectivity index (χ3n) is 5.43. The van der Waals surface area contributed by atoms with Crippen LogP contribution in [0.25, 0.3) is 21.9 Å². The number of imidazole rings is 1. The van der Waals surface area contributed by atoms with Crippen molar-refractivity contribution >= 4 is 33.4 Å². The van der Waals surface area contributed by atoms with Gasteiger partial charge in [0.2, 0.25) is 0 Å². The van der Waals surface area contributed by atoms with Gasteiger partial charge in [0.15, 0.2) is 11.5 Å². The standard InChI is InChI=1S/C24H29N5O3/c1-15(2)24-28-19-12-17-18(13-20(19)29(24)9-6-10-30-3)25-14-26-23(17)27-16-7-8-21(31-4)22(11-16)32-5/h7-8,11-15H,6,9-10H2,1-5H3,(H,25,26,27). The summed E-state index contributed by atoms with van der Waals surface area (Å²) in [7, 11) is 4.97. The number of hydrogen-bond acceptors (Lipinski definition) is 7. The van der Waals surface area contributed by atoms with Crippen LogP contribution in [0.4, 0.5) is 11.5 Å². The first-order valence-corrected chi connectivity index (χ1v) is 10.7. The number of nitrogens with zero attached hydrogens (tertiary/aromatic N) is 4. The summed E-state index contributed by atoms with van der Waals surface area (Å²) in [6, 6.07) is 9.82. The van der Waals surface area contributed by atoms with Crippen LogP contribution in [0, 0.1) is 0 Å². The van der Waals surface area contributed by atoms with Gasteiger partial charge in [-0.05, 0) is 30.7 Å². The highest BCUT2D eigenvalue weighted by molar-refractivity contribution is 5.99. The quantitative estimate of drug-likeness (QED) is 0.374. The maximum atomic E-state index is 5.42. The van der Waals surface area contributed by atoms with E-state index in [2.05, 4.69) is 45.8 Å². The fourth-order valence-corrected chi connectivity index (χ4v) is 3.89. The smallest absolute Gasteiger partial charge is 0.162 e. The molecule has 0 bridgehead atoms. The molecule has 168 valence electrons. The van der Waals surface area contributed by atoms with Crippen molar-refractivity contribution in [2.24, 2.45) is 0 Å². The molecule has 2 aromatic heterocycles. The van der Waals surface area contributed by atoms with E-state index in [1.165, 1.54) is 0 Å². The molecule has 0 aliphatic rings. The van der Waals surface area contributed by atoms with Gasteiger partial charge in [-0.15, -0.1) is 0 Å². The van der Waals surface area contributed by atoms with Gasteiger partial charge in [-0.1, -0.05) is 13.8 Å². The van der Waals surface area contributed by atoms with Crippen LogP contribution in [0.5, 0.6) is 11.5 Å². The third kappa shape index (κ3) is 4.18. The van der Waals surface area contributed by atoms with Crippen LogP contribution in [-0.2, 0) is 11.3 Å². The number of benzene rings is 2. The molecule has 4 aromatic rings. The van der Waals surface area contributed by atoms with E-state index in [0.717, 1.165) is 46.4 Å². The van der Waals surface area contributed by atoms with Crippen molar-refractivity contribution in [3.63, 3.8) is 0 Å². The molecule has 0 spiro atoms. The normalized spacial score (nSPS) is 11.4. The number of methoxy groups -OCH3 is 3. The number of ether oxygens (including phenoxy) is 3. The second kappa shape index (κ2) is 9.40. The van der Waals surface area contributed by atoms with E-state index in [4.69, 9.17) is 19.2 Å². The zero-order valence-corrected chi connectivity index (χ0v) is 19.2. The first-order chi connectivity index (χ1) is 15.5. The molecular formula is C24H29N5O3. The lowest BCUT2D eigenvalue weighted by atomic mass is 10.2. The van der Waals surface area contributed by atoms with Crippen LogP contribution in [0.2, 0.25) is 0 Å². The zero-order chi connectivity index (χ0) is 22.7. The van der Waals surface area contributed by atoms with E-state index in [1.807, 2.05) is 18.2 Å². The Morgan fingerprint density at radius 1 is 0.969 bits per heavy atom. The number of fused-ring (bicyclic) bond motifs is 2. The number of nitrogens with one attached hydrogen (secondary N) is 1. The molecule has 0 aliphatic carbocycles. The second-order valence-corrected chi connectivity index (χ2v) is 7.90. The van der Waals surface area contributed by atoms with Crippen LogP contribution >= 0.6 is 0 Å². The number of hydrogen-bond donors (Lipinski definition) is 1.